The van der Waals surface area contributed by atoms with Gasteiger partial charge in [-0.2, -0.15) is 0 Å². The van der Waals surface area contributed by atoms with Gasteiger partial charge >= 0.3 is 0 Å². The fourth-order valence-corrected chi connectivity index (χ4v) is 2.86. The molecule has 3 heteroatoms. The van der Waals surface area contributed by atoms with Gasteiger partial charge in [0.05, 0.1) is 10.0 Å². The van der Waals surface area contributed by atoms with Gasteiger partial charge in [0.2, 0.25) is 0 Å². The minimum absolute atomic E-state index is 0.220. The minimum atomic E-state index is 0.220. The van der Waals surface area contributed by atoms with E-state index < -0.39 is 0 Å². The predicted octanol–water partition coefficient (Wildman–Crippen LogP) is 5.27. The highest BCUT2D eigenvalue weighted by Crippen LogP contribution is 2.41. The molecule has 0 radical (unpaired) electrons. The zero-order valence-electron chi connectivity index (χ0n) is 11.1. The van der Waals surface area contributed by atoms with Gasteiger partial charge in [-0.15, -0.1) is 0 Å². The number of nitrogens with one attached hydrogen (secondary N) is 1. The first-order valence-electron chi connectivity index (χ1n) is 5.99. The van der Waals surface area contributed by atoms with Crippen LogP contribution in [-0.2, 0) is 0 Å². The topological polar surface area (TPSA) is 12.0 Å². The van der Waals surface area contributed by atoms with Crippen LogP contribution in [-0.4, -0.2) is 0 Å². The van der Waals surface area contributed by atoms with E-state index in [0.717, 1.165) is 5.56 Å². The molecule has 0 saturated carbocycles. The van der Waals surface area contributed by atoms with E-state index in [9.17, 15) is 0 Å². The van der Waals surface area contributed by atoms with Crippen molar-refractivity contribution in [3.63, 3.8) is 0 Å². The largest absolute Gasteiger partial charge is 0.363 e. The molecule has 0 bridgehead atoms. The number of hydrogen-bond donors (Lipinski definition) is 1. The molecule has 1 aliphatic rings. The van der Waals surface area contributed by atoms with Gasteiger partial charge in [-0.25, -0.2) is 0 Å². The lowest BCUT2D eigenvalue weighted by Gasteiger charge is -2.30. The molecule has 1 aromatic carbocycles. The Hall–Kier alpha value is -0.920. The Morgan fingerprint density at radius 3 is 2.06 bits per heavy atom. The summed E-state index contributed by atoms with van der Waals surface area (Å²) in [6, 6.07) is 5.83. The van der Waals surface area contributed by atoms with Gasteiger partial charge in [0.1, 0.15) is 0 Å². The summed E-state index contributed by atoms with van der Waals surface area (Å²) in [5, 5.41) is 4.67. The molecule has 1 aliphatic heterocycles. The lowest BCUT2D eigenvalue weighted by atomic mass is 9.82. The van der Waals surface area contributed by atoms with Gasteiger partial charge in [0, 0.05) is 17.3 Å². The van der Waals surface area contributed by atoms with Gasteiger partial charge < -0.3 is 5.32 Å². The van der Waals surface area contributed by atoms with Gasteiger partial charge in [0.25, 0.3) is 0 Å². The number of rotatable bonds is 1. The third-order valence-corrected chi connectivity index (χ3v) is 4.55. The second kappa shape index (κ2) is 4.99. The minimum Gasteiger partial charge on any atom is -0.363 e. The second-order valence-corrected chi connectivity index (χ2v) is 5.60. The Kier molecular flexibility index (Phi) is 3.74. The van der Waals surface area contributed by atoms with Gasteiger partial charge in [-0.1, -0.05) is 35.3 Å². The molecule has 0 amide bonds. The molecule has 0 aliphatic carbocycles. The lowest BCUT2D eigenvalue weighted by Crippen LogP contribution is -2.22. The van der Waals surface area contributed by atoms with Crippen molar-refractivity contribution >= 4 is 23.2 Å². The Balaban J connectivity index is 2.61. The van der Waals surface area contributed by atoms with Crippen LogP contribution >= 0.6 is 23.2 Å². The van der Waals surface area contributed by atoms with Crippen LogP contribution in [0.4, 0.5) is 0 Å². The zero-order chi connectivity index (χ0) is 13.4. The highest BCUT2D eigenvalue weighted by molar-refractivity contribution is 6.42. The van der Waals surface area contributed by atoms with Gasteiger partial charge in [0.15, 0.2) is 0 Å². The molecular weight excluding hydrogens is 265 g/mol. The summed E-state index contributed by atoms with van der Waals surface area (Å²) in [7, 11) is 0. The molecule has 0 atom stereocenters. The molecule has 0 unspecified atom stereocenters. The molecule has 0 saturated heterocycles. The molecule has 1 aromatic rings. The average molecular weight is 282 g/mol. The van der Waals surface area contributed by atoms with Crippen LogP contribution in [0.2, 0.25) is 10.0 Å². The van der Waals surface area contributed by atoms with Crippen LogP contribution in [0.5, 0.6) is 0 Å². The number of dihydropyridines is 1. The summed E-state index contributed by atoms with van der Waals surface area (Å²) < 4.78 is 0. The number of hydrogen-bond acceptors (Lipinski definition) is 1. The van der Waals surface area contributed by atoms with Crippen molar-refractivity contribution < 1.29 is 0 Å². The average Bonchev–Trinajstić information content (AvgIpc) is 2.32. The summed E-state index contributed by atoms with van der Waals surface area (Å²) in [5.41, 5.74) is 6.06. The molecule has 1 nitrogen and oxygen atoms in total. The Morgan fingerprint density at radius 1 is 0.944 bits per heavy atom. The standard InChI is InChI=1S/C15H17Cl2N/c1-8-10(3)18-11(4)9(2)14(8)12-6-5-7-13(16)15(12)17/h5-7,14,18H,1-4H3. The monoisotopic (exact) mass is 281 g/mol. The summed E-state index contributed by atoms with van der Waals surface area (Å²) in [5.74, 6) is 0.220. The number of allylic oxidation sites excluding steroid dienone is 4. The van der Waals surface area contributed by atoms with E-state index in [4.69, 9.17) is 23.2 Å². The van der Waals surface area contributed by atoms with E-state index in [1.165, 1.54) is 22.5 Å². The molecule has 1 heterocycles. The van der Waals surface area contributed by atoms with Crippen LogP contribution in [0.3, 0.4) is 0 Å². The number of halogens is 2. The highest BCUT2D eigenvalue weighted by Gasteiger charge is 2.25. The summed E-state index contributed by atoms with van der Waals surface area (Å²) in [6.07, 6.45) is 0. The van der Waals surface area contributed by atoms with Crippen LogP contribution in [0.15, 0.2) is 40.7 Å². The fourth-order valence-electron chi connectivity index (χ4n) is 2.45. The first kappa shape index (κ1) is 13.5. The van der Waals surface area contributed by atoms with Crippen molar-refractivity contribution in [3.05, 3.63) is 56.3 Å². The van der Waals surface area contributed by atoms with Crippen molar-refractivity contribution in [2.45, 2.75) is 33.6 Å². The highest BCUT2D eigenvalue weighted by atomic mass is 35.5. The SMILES string of the molecule is CC1=C(C)C(c2cccc(Cl)c2Cl)C(C)=C(C)N1. The summed E-state index contributed by atoms with van der Waals surface area (Å²) >= 11 is 12.5. The van der Waals surface area contributed by atoms with Crippen LogP contribution < -0.4 is 5.32 Å². The van der Waals surface area contributed by atoms with Crippen LogP contribution in [0.25, 0.3) is 0 Å². The van der Waals surface area contributed by atoms with E-state index in [2.05, 4.69) is 39.1 Å². The third-order valence-electron chi connectivity index (χ3n) is 3.72. The van der Waals surface area contributed by atoms with E-state index in [1.807, 2.05) is 12.1 Å². The Morgan fingerprint density at radius 2 is 1.50 bits per heavy atom. The molecule has 0 spiro atoms. The van der Waals surface area contributed by atoms with Crippen molar-refractivity contribution in [2.24, 2.45) is 0 Å². The summed E-state index contributed by atoms with van der Waals surface area (Å²) in [4.78, 5) is 0. The lowest BCUT2D eigenvalue weighted by molar-refractivity contribution is 0.773. The van der Waals surface area contributed by atoms with Gasteiger partial charge in [-0.3, -0.25) is 0 Å². The van der Waals surface area contributed by atoms with Crippen molar-refractivity contribution in [1.82, 2.24) is 5.32 Å². The van der Waals surface area contributed by atoms with Crippen LogP contribution in [0.1, 0.15) is 39.2 Å². The number of benzene rings is 1. The fraction of sp³-hybridized carbons (Fsp3) is 0.333. The molecule has 0 fully saturated rings. The van der Waals surface area contributed by atoms with Crippen molar-refractivity contribution in [2.75, 3.05) is 0 Å². The molecule has 1 N–H and O–H groups in total. The quantitative estimate of drug-likeness (QED) is 0.740. The molecule has 18 heavy (non-hydrogen) atoms. The summed E-state index contributed by atoms with van der Waals surface area (Å²) in [6.45, 7) is 8.47. The van der Waals surface area contributed by atoms with E-state index in [0.29, 0.717) is 10.0 Å². The van der Waals surface area contributed by atoms with Crippen molar-refractivity contribution in [1.29, 1.82) is 0 Å². The maximum atomic E-state index is 6.36. The smallest absolute Gasteiger partial charge is 0.0633 e. The van der Waals surface area contributed by atoms with E-state index >= 15 is 0 Å². The third kappa shape index (κ3) is 2.17. The first-order valence-corrected chi connectivity index (χ1v) is 6.74. The Labute approximate surface area is 118 Å². The molecule has 0 aromatic heterocycles. The second-order valence-electron chi connectivity index (χ2n) is 4.82. The zero-order valence-corrected chi connectivity index (χ0v) is 12.6. The molecular formula is C15H17Cl2N. The van der Waals surface area contributed by atoms with Gasteiger partial charge in [-0.05, 0) is 50.5 Å². The van der Waals surface area contributed by atoms with Crippen LogP contribution in [0, 0.1) is 0 Å². The maximum absolute atomic E-state index is 6.36. The van der Waals surface area contributed by atoms with E-state index in [-0.39, 0.29) is 5.92 Å². The van der Waals surface area contributed by atoms with E-state index in [1.54, 1.807) is 0 Å². The predicted molar refractivity (Wildman–Crippen MR) is 79.1 cm³/mol. The van der Waals surface area contributed by atoms with Crippen molar-refractivity contribution in [3.8, 4) is 0 Å². The normalized spacial score (nSPS) is 17.2. The first-order chi connectivity index (χ1) is 8.43. The maximum Gasteiger partial charge on any atom is 0.0633 e. The Bertz CT molecular complexity index is 532. The molecule has 96 valence electrons. The molecule has 2 rings (SSSR count).